The minimum Gasteiger partial charge on any atom is -0.493 e. The number of ether oxygens (including phenoxy) is 1. The number of nitrogens with zero attached hydrogens (tertiary/aromatic N) is 3. The highest BCUT2D eigenvalue weighted by Gasteiger charge is 2.36. The van der Waals surface area contributed by atoms with Crippen LogP contribution in [0.3, 0.4) is 0 Å². The minimum absolute atomic E-state index is 0.0556. The molecule has 1 aliphatic carbocycles. The smallest absolute Gasteiger partial charge is 0.251 e. The average Bonchev–Trinajstić information content (AvgIpc) is 3.46. The van der Waals surface area contributed by atoms with Crippen LogP contribution in [0, 0.1) is 0 Å². The van der Waals surface area contributed by atoms with E-state index in [0.29, 0.717) is 13.2 Å². The molecule has 0 bridgehead atoms. The highest BCUT2D eigenvalue weighted by Crippen LogP contribution is 2.41. The van der Waals surface area contributed by atoms with Crippen LogP contribution in [0.15, 0.2) is 84.1 Å². The largest absolute Gasteiger partial charge is 0.493 e. The third-order valence-electron chi connectivity index (χ3n) is 6.30. The average molecular weight is 422 g/mol. The van der Waals surface area contributed by atoms with Crippen LogP contribution in [-0.4, -0.2) is 40.0 Å². The number of rotatable bonds is 3. The van der Waals surface area contributed by atoms with Gasteiger partial charge in [0.15, 0.2) is 0 Å². The number of carbonyl (C=O) groups is 1. The van der Waals surface area contributed by atoms with Crippen molar-refractivity contribution in [3.05, 3.63) is 101 Å². The van der Waals surface area contributed by atoms with Crippen molar-refractivity contribution in [3.8, 4) is 5.75 Å². The van der Waals surface area contributed by atoms with E-state index in [1.807, 2.05) is 11.0 Å². The molecule has 0 radical (unpaired) electrons. The van der Waals surface area contributed by atoms with E-state index in [0.717, 1.165) is 41.1 Å². The molecular formula is C26H22N4O2. The van der Waals surface area contributed by atoms with E-state index in [4.69, 9.17) is 4.74 Å². The Labute approximate surface area is 186 Å². The van der Waals surface area contributed by atoms with E-state index in [9.17, 15) is 4.79 Å². The predicted molar refractivity (Wildman–Crippen MR) is 122 cm³/mol. The number of hydrogen-bond acceptors (Lipinski definition) is 5. The summed E-state index contributed by atoms with van der Waals surface area (Å²) in [4.78, 5) is 23.3. The van der Waals surface area contributed by atoms with Gasteiger partial charge in [0, 0.05) is 42.6 Å². The van der Waals surface area contributed by atoms with Crippen molar-refractivity contribution in [3.63, 3.8) is 0 Å². The molecule has 6 rings (SSSR count). The standard InChI is InChI=1S/C26H22N4O2/c31-24(8-5-17-14-27-16-28-15-17)30-11-9-21-20-3-1-2-4-22(20)29-25(21)26(30)19-6-7-23-18(13-19)10-12-32-23/h1-8,13-16,22,29H,9-12H2/b8-5+. The Kier molecular flexibility index (Phi) is 4.49. The van der Waals surface area contributed by atoms with E-state index in [2.05, 4.69) is 51.7 Å². The Balaban J connectivity index is 1.44. The van der Waals surface area contributed by atoms with Crippen molar-refractivity contribution in [1.82, 2.24) is 20.2 Å². The fourth-order valence-corrected chi connectivity index (χ4v) is 4.80. The zero-order chi connectivity index (χ0) is 21.5. The van der Waals surface area contributed by atoms with Crippen molar-refractivity contribution in [2.45, 2.75) is 18.9 Å². The van der Waals surface area contributed by atoms with Gasteiger partial charge in [-0.2, -0.15) is 0 Å². The van der Waals surface area contributed by atoms with Gasteiger partial charge in [-0.1, -0.05) is 24.3 Å². The lowest BCUT2D eigenvalue weighted by molar-refractivity contribution is -0.123. The molecule has 1 amide bonds. The highest BCUT2D eigenvalue weighted by molar-refractivity contribution is 5.99. The van der Waals surface area contributed by atoms with Crippen LogP contribution < -0.4 is 10.1 Å². The summed E-state index contributed by atoms with van der Waals surface area (Å²) in [5.74, 6) is 0.884. The second-order valence-electron chi connectivity index (χ2n) is 8.19. The molecule has 0 saturated heterocycles. The fourth-order valence-electron chi connectivity index (χ4n) is 4.80. The van der Waals surface area contributed by atoms with Crippen molar-refractivity contribution >= 4 is 17.7 Å². The third kappa shape index (κ3) is 3.15. The number of hydrogen-bond donors (Lipinski definition) is 1. The van der Waals surface area contributed by atoms with Gasteiger partial charge < -0.3 is 15.0 Å². The van der Waals surface area contributed by atoms with E-state index in [1.54, 1.807) is 24.5 Å². The third-order valence-corrected chi connectivity index (χ3v) is 6.30. The molecule has 2 aromatic rings. The number of aromatic nitrogens is 2. The Morgan fingerprint density at radius 2 is 2.09 bits per heavy atom. The number of amides is 1. The molecule has 4 aliphatic rings. The first-order chi connectivity index (χ1) is 15.8. The summed E-state index contributed by atoms with van der Waals surface area (Å²) >= 11 is 0. The summed E-state index contributed by atoms with van der Waals surface area (Å²) in [5.41, 5.74) is 7.60. The zero-order valence-electron chi connectivity index (χ0n) is 17.5. The first-order valence-corrected chi connectivity index (χ1v) is 10.9. The molecule has 0 saturated carbocycles. The number of carbonyl (C=O) groups excluding carboxylic acids is 1. The molecule has 3 aliphatic heterocycles. The highest BCUT2D eigenvalue weighted by atomic mass is 16.5. The fraction of sp³-hybridized carbons (Fsp3) is 0.192. The van der Waals surface area contributed by atoms with Gasteiger partial charge in [-0.3, -0.25) is 4.79 Å². The Hall–Kier alpha value is -3.93. The number of fused-ring (bicyclic) bond motifs is 3. The van der Waals surface area contributed by atoms with Gasteiger partial charge in [0.25, 0.3) is 5.91 Å². The maximum atomic E-state index is 13.4. The lowest BCUT2D eigenvalue weighted by Gasteiger charge is -2.32. The topological polar surface area (TPSA) is 67.4 Å². The summed E-state index contributed by atoms with van der Waals surface area (Å²) in [7, 11) is 0. The molecule has 4 heterocycles. The maximum absolute atomic E-state index is 13.4. The van der Waals surface area contributed by atoms with Crippen LogP contribution in [-0.2, 0) is 11.2 Å². The summed E-state index contributed by atoms with van der Waals surface area (Å²) < 4.78 is 5.70. The molecule has 32 heavy (non-hydrogen) atoms. The van der Waals surface area contributed by atoms with Crippen LogP contribution in [0.5, 0.6) is 5.75 Å². The van der Waals surface area contributed by atoms with Crippen LogP contribution in [0.1, 0.15) is 23.1 Å². The molecule has 6 nitrogen and oxygen atoms in total. The van der Waals surface area contributed by atoms with Gasteiger partial charge in [-0.25, -0.2) is 9.97 Å². The first-order valence-electron chi connectivity index (χ1n) is 10.9. The van der Waals surface area contributed by atoms with Gasteiger partial charge in [-0.15, -0.1) is 0 Å². The molecule has 1 unspecified atom stereocenters. The Morgan fingerprint density at radius 1 is 1.19 bits per heavy atom. The molecule has 1 atom stereocenters. The van der Waals surface area contributed by atoms with Crippen LogP contribution in [0.4, 0.5) is 0 Å². The van der Waals surface area contributed by atoms with Crippen LogP contribution >= 0.6 is 0 Å². The monoisotopic (exact) mass is 422 g/mol. The van der Waals surface area contributed by atoms with Crippen LogP contribution in [0.2, 0.25) is 0 Å². The molecule has 158 valence electrons. The second kappa shape index (κ2) is 7.64. The lowest BCUT2D eigenvalue weighted by Crippen LogP contribution is -2.35. The van der Waals surface area contributed by atoms with Gasteiger partial charge >= 0.3 is 0 Å². The SMILES string of the molecule is O=C(/C=C/c1cncnc1)N1CCC2=C3C=CC=CC3NC2=C1c1ccc2c(c1)CCO2. The van der Waals surface area contributed by atoms with Gasteiger partial charge in [0.2, 0.25) is 0 Å². The number of allylic oxidation sites excluding steroid dienone is 3. The van der Waals surface area contributed by atoms with E-state index < -0.39 is 0 Å². The van der Waals surface area contributed by atoms with Crippen molar-refractivity contribution < 1.29 is 9.53 Å². The summed E-state index contributed by atoms with van der Waals surface area (Å²) in [6, 6.07) is 6.41. The summed E-state index contributed by atoms with van der Waals surface area (Å²) in [6.07, 6.45) is 18.4. The molecule has 0 fully saturated rings. The van der Waals surface area contributed by atoms with E-state index in [-0.39, 0.29) is 11.9 Å². The molecule has 1 N–H and O–H groups in total. The first kappa shape index (κ1) is 18.8. The number of nitrogens with one attached hydrogen (secondary N) is 1. The van der Waals surface area contributed by atoms with Crippen molar-refractivity contribution in [2.24, 2.45) is 0 Å². The lowest BCUT2D eigenvalue weighted by atomic mass is 9.93. The second-order valence-corrected chi connectivity index (χ2v) is 8.19. The minimum atomic E-state index is -0.0556. The van der Waals surface area contributed by atoms with Gasteiger partial charge in [-0.05, 0) is 47.4 Å². The summed E-state index contributed by atoms with van der Waals surface area (Å²) in [6.45, 7) is 1.34. The molecule has 0 spiro atoms. The zero-order valence-corrected chi connectivity index (χ0v) is 17.5. The quantitative estimate of drug-likeness (QED) is 0.768. The van der Waals surface area contributed by atoms with E-state index >= 15 is 0 Å². The van der Waals surface area contributed by atoms with Crippen molar-refractivity contribution in [1.29, 1.82) is 0 Å². The molecule has 1 aromatic carbocycles. The Bertz CT molecular complexity index is 1250. The van der Waals surface area contributed by atoms with Crippen LogP contribution in [0.25, 0.3) is 11.8 Å². The molecule has 6 heteroatoms. The van der Waals surface area contributed by atoms with Gasteiger partial charge in [0.1, 0.15) is 12.1 Å². The van der Waals surface area contributed by atoms with E-state index in [1.165, 1.54) is 23.0 Å². The van der Waals surface area contributed by atoms with Crippen molar-refractivity contribution in [2.75, 3.05) is 13.2 Å². The molecular weight excluding hydrogens is 400 g/mol. The predicted octanol–water partition coefficient (Wildman–Crippen LogP) is 3.42. The van der Waals surface area contributed by atoms with Gasteiger partial charge in [0.05, 0.1) is 24.0 Å². The normalized spacial score (nSPS) is 20.9. The Morgan fingerprint density at radius 3 is 3.00 bits per heavy atom. The summed E-state index contributed by atoms with van der Waals surface area (Å²) in [5, 5.41) is 3.67. The number of benzene rings is 1. The maximum Gasteiger partial charge on any atom is 0.251 e. The molecule has 1 aromatic heterocycles.